The van der Waals surface area contributed by atoms with Crippen molar-refractivity contribution in [3.8, 4) is 5.75 Å². The van der Waals surface area contributed by atoms with Gasteiger partial charge < -0.3 is 9.64 Å². The summed E-state index contributed by atoms with van der Waals surface area (Å²) in [4.78, 5) is 13.4. The number of rotatable bonds is 2. The first kappa shape index (κ1) is 13.8. The Hall–Kier alpha value is -1.60. The first-order valence-electron chi connectivity index (χ1n) is 5.78. The summed E-state index contributed by atoms with van der Waals surface area (Å²) in [5, 5.41) is 5.09. The lowest BCUT2D eigenvalue weighted by molar-refractivity contribution is -0.134. The minimum atomic E-state index is -3.74. The number of sulfonamides is 1. The lowest BCUT2D eigenvalue weighted by Gasteiger charge is -2.26. The van der Waals surface area contributed by atoms with Gasteiger partial charge in [0.1, 0.15) is 12.4 Å². The van der Waals surface area contributed by atoms with Crippen molar-refractivity contribution in [1.82, 2.24) is 4.90 Å². The average molecular weight is 284 g/mol. The third kappa shape index (κ3) is 2.87. The molecule has 1 unspecified atom stereocenters. The van der Waals surface area contributed by atoms with Crippen LogP contribution >= 0.6 is 0 Å². The number of carbonyl (C=O) groups excluding carboxylic acids is 1. The van der Waals surface area contributed by atoms with Crippen LogP contribution < -0.4 is 9.88 Å². The first-order chi connectivity index (χ1) is 8.79. The van der Waals surface area contributed by atoms with Crippen LogP contribution in [0.1, 0.15) is 5.56 Å². The number of carbonyl (C=O) groups is 1. The maximum atomic E-state index is 11.9. The molecule has 0 aromatic heterocycles. The zero-order chi connectivity index (χ0) is 14.2. The van der Waals surface area contributed by atoms with Gasteiger partial charge >= 0.3 is 0 Å². The molecule has 0 radical (unpaired) electrons. The number of primary sulfonamides is 1. The number of amides is 1. The summed E-state index contributed by atoms with van der Waals surface area (Å²) in [6, 6.07) is 4.45. The Kier molecular flexibility index (Phi) is 3.51. The van der Waals surface area contributed by atoms with Crippen LogP contribution in [0.2, 0.25) is 0 Å². The maximum Gasteiger partial charge on any atom is 0.238 e. The largest absolute Gasteiger partial charge is 0.492 e. The predicted molar refractivity (Wildman–Crippen MR) is 69.2 cm³/mol. The normalized spacial score (nSPS) is 18.4. The zero-order valence-corrected chi connectivity index (χ0v) is 11.6. The molecule has 2 N–H and O–H groups in total. The molecule has 1 atom stereocenters. The Labute approximate surface area is 112 Å². The van der Waals surface area contributed by atoms with Crippen LogP contribution in [-0.4, -0.2) is 39.9 Å². The number of nitrogens with zero attached hydrogens (tertiary/aromatic N) is 1. The van der Waals surface area contributed by atoms with Gasteiger partial charge in [0.2, 0.25) is 15.9 Å². The van der Waals surface area contributed by atoms with E-state index in [2.05, 4.69) is 0 Å². The van der Waals surface area contributed by atoms with Crippen LogP contribution in [-0.2, 0) is 21.2 Å². The van der Waals surface area contributed by atoms with Gasteiger partial charge in [-0.25, -0.2) is 13.6 Å². The molecule has 104 valence electrons. The third-order valence-electron chi connectivity index (χ3n) is 3.06. The summed E-state index contributed by atoms with van der Waals surface area (Å²) in [6.45, 7) is 0.304. The van der Waals surface area contributed by atoms with Gasteiger partial charge in [-0.15, -0.1) is 0 Å². The van der Waals surface area contributed by atoms with Crippen LogP contribution in [0.3, 0.4) is 0 Å². The molecule has 1 aromatic rings. The van der Waals surface area contributed by atoms with E-state index in [0.717, 1.165) is 0 Å². The van der Waals surface area contributed by atoms with Crippen LogP contribution in [0, 0.1) is 5.92 Å². The molecule has 0 bridgehead atoms. The lowest BCUT2D eigenvalue weighted by Crippen LogP contribution is -2.36. The molecule has 0 saturated carbocycles. The van der Waals surface area contributed by atoms with Gasteiger partial charge in [0.05, 0.1) is 10.8 Å². The Balaban J connectivity index is 2.31. The highest BCUT2D eigenvalue weighted by Crippen LogP contribution is 2.29. The van der Waals surface area contributed by atoms with E-state index in [-0.39, 0.29) is 16.7 Å². The SMILES string of the molecule is CN(C)C(=O)C1COc2ccc(S(N)(=O)=O)cc2C1. The standard InChI is InChI=1S/C12H16N2O4S/c1-14(2)12(15)9-5-8-6-10(19(13,16)17)3-4-11(8)18-7-9/h3-4,6,9H,5,7H2,1-2H3,(H2,13,16,17). The molecule has 2 rings (SSSR count). The van der Waals surface area contributed by atoms with E-state index >= 15 is 0 Å². The summed E-state index contributed by atoms with van der Waals surface area (Å²) in [5.41, 5.74) is 0.693. The highest BCUT2D eigenvalue weighted by Gasteiger charge is 2.27. The zero-order valence-electron chi connectivity index (χ0n) is 10.8. The maximum absolute atomic E-state index is 11.9. The van der Waals surface area contributed by atoms with Gasteiger partial charge in [-0.1, -0.05) is 0 Å². The molecule has 19 heavy (non-hydrogen) atoms. The number of hydrogen-bond donors (Lipinski definition) is 1. The molecule has 0 saturated heterocycles. The molecule has 7 heteroatoms. The van der Waals surface area contributed by atoms with Gasteiger partial charge in [-0.05, 0) is 30.2 Å². The number of hydrogen-bond acceptors (Lipinski definition) is 4. The van der Waals surface area contributed by atoms with E-state index < -0.39 is 10.0 Å². The van der Waals surface area contributed by atoms with E-state index in [1.807, 2.05) is 0 Å². The Morgan fingerprint density at radius 1 is 1.42 bits per heavy atom. The molecule has 0 aliphatic carbocycles. The number of benzene rings is 1. The molecule has 1 aromatic carbocycles. The van der Waals surface area contributed by atoms with E-state index in [1.165, 1.54) is 17.0 Å². The first-order valence-corrected chi connectivity index (χ1v) is 7.33. The van der Waals surface area contributed by atoms with Crippen LogP contribution in [0.4, 0.5) is 0 Å². The second-order valence-electron chi connectivity index (χ2n) is 4.76. The fraction of sp³-hybridized carbons (Fsp3) is 0.417. The quantitative estimate of drug-likeness (QED) is 0.826. The summed E-state index contributed by atoms with van der Waals surface area (Å²) in [6.07, 6.45) is 0.454. The van der Waals surface area contributed by atoms with Crippen molar-refractivity contribution < 1.29 is 17.9 Å². The number of ether oxygens (including phenoxy) is 1. The van der Waals surface area contributed by atoms with Gasteiger partial charge in [0.25, 0.3) is 0 Å². The van der Waals surface area contributed by atoms with Gasteiger partial charge in [-0.2, -0.15) is 0 Å². The number of nitrogens with two attached hydrogens (primary N) is 1. The second kappa shape index (κ2) is 4.82. The van der Waals surface area contributed by atoms with Gasteiger partial charge in [0.15, 0.2) is 0 Å². The van der Waals surface area contributed by atoms with Crippen molar-refractivity contribution in [2.75, 3.05) is 20.7 Å². The highest BCUT2D eigenvalue weighted by atomic mass is 32.2. The molecule has 1 aliphatic rings. The number of fused-ring (bicyclic) bond motifs is 1. The molecule has 6 nitrogen and oxygen atoms in total. The smallest absolute Gasteiger partial charge is 0.238 e. The van der Waals surface area contributed by atoms with E-state index in [0.29, 0.717) is 24.3 Å². The predicted octanol–water partition coefficient (Wildman–Crippen LogP) is -0.0267. The van der Waals surface area contributed by atoms with Crippen molar-refractivity contribution in [2.24, 2.45) is 11.1 Å². The van der Waals surface area contributed by atoms with E-state index in [1.54, 1.807) is 20.2 Å². The van der Waals surface area contributed by atoms with Crippen LogP contribution in [0.25, 0.3) is 0 Å². The average Bonchev–Trinajstić information content (AvgIpc) is 2.35. The highest BCUT2D eigenvalue weighted by molar-refractivity contribution is 7.89. The fourth-order valence-electron chi connectivity index (χ4n) is 2.07. The molecular weight excluding hydrogens is 268 g/mol. The minimum absolute atomic E-state index is 0.0350. The second-order valence-corrected chi connectivity index (χ2v) is 6.32. The van der Waals surface area contributed by atoms with Gasteiger partial charge in [0, 0.05) is 14.1 Å². The molecule has 0 spiro atoms. The Bertz CT molecular complexity index is 610. The van der Waals surface area contributed by atoms with E-state index in [9.17, 15) is 13.2 Å². The third-order valence-corrected chi connectivity index (χ3v) is 3.97. The Morgan fingerprint density at radius 3 is 2.68 bits per heavy atom. The van der Waals surface area contributed by atoms with Crippen LogP contribution in [0.15, 0.2) is 23.1 Å². The van der Waals surface area contributed by atoms with Crippen molar-refractivity contribution in [3.05, 3.63) is 23.8 Å². The van der Waals surface area contributed by atoms with E-state index in [4.69, 9.17) is 9.88 Å². The molecule has 1 aliphatic heterocycles. The van der Waals surface area contributed by atoms with Crippen LogP contribution in [0.5, 0.6) is 5.75 Å². The molecule has 0 fully saturated rings. The summed E-state index contributed by atoms with van der Waals surface area (Å²) >= 11 is 0. The summed E-state index contributed by atoms with van der Waals surface area (Å²) in [5.74, 6) is 0.278. The fourth-order valence-corrected chi connectivity index (χ4v) is 2.64. The van der Waals surface area contributed by atoms with Crippen molar-refractivity contribution in [3.63, 3.8) is 0 Å². The molecule has 1 heterocycles. The topological polar surface area (TPSA) is 89.7 Å². The lowest BCUT2D eigenvalue weighted by atomic mass is 9.96. The summed E-state index contributed by atoms with van der Waals surface area (Å²) in [7, 11) is -0.383. The monoisotopic (exact) mass is 284 g/mol. The minimum Gasteiger partial charge on any atom is -0.492 e. The van der Waals surface area contributed by atoms with Crippen molar-refractivity contribution >= 4 is 15.9 Å². The molecular formula is C12H16N2O4S. The summed E-state index contributed by atoms with van der Waals surface area (Å²) < 4.78 is 28.1. The Morgan fingerprint density at radius 2 is 2.11 bits per heavy atom. The van der Waals surface area contributed by atoms with Gasteiger partial charge in [-0.3, -0.25) is 4.79 Å². The van der Waals surface area contributed by atoms with Crippen molar-refractivity contribution in [2.45, 2.75) is 11.3 Å². The molecule has 1 amide bonds. The van der Waals surface area contributed by atoms with Crippen molar-refractivity contribution in [1.29, 1.82) is 0 Å².